The number of carbonyl (C=O) groups excluding carboxylic acids is 6. The van der Waals surface area contributed by atoms with E-state index in [0.29, 0.717) is 19.4 Å². The number of amides is 5. The smallest absolute Gasteiger partial charge is 0.289 e. The lowest BCUT2D eigenvalue weighted by Crippen LogP contribution is -2.62. The maximum atomic E-state index is 14.6. The molecular weight excluding hydrogens is 638 g/mol. The molecule has 7 atom stereocenters. The Balaban J connectivity index is 1.57. The van der Waals surface area contributed by atoms with Crippen molar-refractivity contribution in [3.05, 3.63) is 24.3 Å². The molecule has 2 aliphatic carbocycles. The van der Waals surface area contributed by atoms with Gasteiger partial charge in [0.1, 0.15) is 23.8 Å². The molecule has 3 fully saturated rings. The number of aromatic nitrogens is 2. The lowest BCUT2D eigenvalue weighted by Gasteiger charge is -2.38. The van der Waals surface area contributed by atoms with Crippen molar-refractivity contribution in [1.82, 2.24) is 36.1 Å². The number of rotatable bonds is 14. The molecule has 2 saturated carbocycles. The van der Waals surface area contributed by atoms with Crippen molar-refractivity contribution in [2.75, 3.05) is 6.54 Å². The van der Waals surface area contributed by atoms with Crippen molar-refractivity contribution in [3.63, 3.8) is 0 Å². The van der Waals surface area contributed by atoms with E-state index in [1.165, 1.54) is 18.6 Å². The van der Waals surface area contributed by atoms with Crippen LogP contribution >= 0.6 is 0 Å². The average Bonchev–Trinajstić information content (AvgIpc) is 3.70. The van der Waals surface area contributed by atoms with E-state index in [2.05, 4.69) is 31.2 Å². The van der Waals surface area contributed by atoms with Crippen LogP contribution in [-0.4, -0.2) is 86.9 Å². The average molecular weight is 696 g/mol. The van der Waals surface area contributed by atoms with Crippen LogP contribution in [0.1, 0.15) is 123 Å². The molecule has 3 aliphatic rings. The van der Waals surface area contributed by atoms with Crippen molar-refractivity contribution in [2.24, 2.45) is 23.2 Å². The van der Waals surface area contributed by atoms with E-state index in [4.69, 9.17) is 0 Å². The lowest BCUT2D eigenvalue weighted by atomic mass is 9.82. The minimum atomic E-state index is -1.01. The third kappa shape index (κ3) is 9.45. The topological polar surface area (TPSA) is 180 Å². The molecule has 1 aromatic heterocycles. The highest BCUT2D eigenvalue weighted by Crippen LogP contribution is 2.43. The Morgan fingerprint density at radius 2 is 1.62 bits per heavy atom. The van der Waals surface area contributed by atoms with Gasteiger partial charge in [-0.1, -0.05) is 66.7 Å². The second-order valence-corrected chi connectivity index (χ2v) is 15.5. The van der Waals surface area contributed by atoms with Crippen LogP contribution in [0.2, 0.25) is 0 Å². The number of carbonyl (C=O) groups is 6. The van der Waals surface area contributed by atoms with Crippen molar-refractivity contribution in [1.29, 1.82) is 0 Å². The predicted molar refractivity (Wildman–Crippen MR) is 187 cm³/mol. The molecule has 1 saturated heterocycles. The number of fused-ring (bicyclic) bond motifs is 1. The fourth-order valence-corrected chi connectivity index (χ4v) is 7.78. The van der Waals surface area contributed by atoms with Crippen LogP contribution in [0.4, 0.5) is 0 Å². The van der Waals surface area contributed by atoms with Crippen molar-refractivity contribution in [2.45, 2.75) is 142 Å². The van der Waals surface area contributed by atoms with Gasteiger partial charge in [-0.05, 0) is 68.6 Å². The highest BCUT2D eigenvalue weighted by Gasteiger charge is 2.52. The molecule has 1 aliphatic heterocycles. The van der Waals surface area contributed by atoms with Crippen LogP contribution in [0, 0.1) is 23.2 Å². The number of hydrogen-bond acceptors (Lipinski definition) is 8. The number of nitrogens with zero attached hydrogens (tertiary/aromatic N) is 3. The van der Waals surface area contributed by atoms with E-state index in [-0.39, 0.29) is 41.8 Å². The van der Waals surface area contributed by atoms with E-state index < -0.39 is 59.0 Å². The summed E-state index contributed by atoms with van der Waals surface area (Å²) in [5.74, 6) is -3.33. The van der Waals surface area contributed by atoms with Gasteiger partial charge in [0.2, 0.25) is 23.5 Å². The number of hydrogen-bond donors (Lipinski definition) is 4. The third-order valence-electron chi connectivity index (χ3n) is 10.8. The molecule has 5 amide bonds. The Morgan fingerprint density at radius 1 is 0.900 bits per heavy atom. The Kier molecular flexibility index (Phi) is 13.5. The van der Waals surface area contributed by atoms with Gasteiger partial charge in [-0.25, -0.2) is 4.98 Å². The predicted octanol–water partition coefficient (Wildman–Crippen LogP) is 3.08. The van der Waals surface area contributed by atoms with Gasteiger partial charge in [0.25, 0.3) is 11.8 Å². The number of ketones is 1. The summed E-state index contributed by atoms with van der Waals surface area (Å²) < 4.78 is 0. The molecule has 4 N–H and O–H groups in total. The van der Waals surface area contributed by atoms with Gasteiger partial charge in [0.15, 0.2) is 0 Å². The Bertz CT molecular complexity index is 1380. The van der Waals surface area contributed by atoms with Crippen molar-refractivity contribution >= 4 is 35.3 Å². The van der Waals surface area contributed by atoms with Gasteiger partial charge in [-0.15, -0.1) is 0 Å². The molecular formula is C37H57N7O6. The summed E-state index contributed by atoms with van der Waals surface area (Å²) in [7, 11) is 0. The van der Waals surface area contributed by atoms with E-state index in [1.54, 1.807) is 4.90 Å². The van der Waals surface area contributed by atoms with E-state index in [1.807, 2.05) is 41.5 Å². The van der Waals surface area contributed by atoms with Gasteiger partial charge in [0.05, 0.1) is 12.2 Å². The monoisotopic (exact) mass is 695 g/mol. The molecule has 3 unspecified atom stereocenters. The van der Waals surface area contributed by atoms with Crippen LogP contribution in [0.5, 0.6) is 0 Å². The highest BCUT2D eigenvalue weighted by atomic mass is 16.2. The summed E-state index contributed by atoms with van der Waals surface area (Å²) in [4.78, 5) is 91.7. The van der Waals surface area contributed by atoms with Gasteiger partial charge >= 0.3 is 0 Å². The largest absolute Gasteiger partial charge is 0.347 e. The zero-order chi connectivity index (χ0) is 36.6. The summed E-state index contributed by atoms with van der Waals surface area (Å²) in [6.07, 6.45) is 12.8. The summed E-state index contributed by atoms with van der Waals surface area (Å²) in [5, 5.41) is 11.5. The minimum Gasteiger partial charge on any atom is -0.347 e. The molecule has 4 rings (SSSR count). The molecule has 1 aromatic rings. The van der Waals surface area contributed by atoms with Gasteiger partial charge in [0, 0.05) is 25.0 Å². The van der Waals surface area contributed by atoms with Crippen LogP contribution < -0.4 is 21.3 Å². The lowest BCUT2D eigenvalue weighted by molar-refractivity contribution is -0.146. The van der Waals surface area contributed by atoms with Gasteiger partial charge in [-0.3, -0.25) is 33.8 Å². The third-order valence-corrected chi connectivity index (χ3v) is 10.8. The van der Waals surface area contributed by atoms with E-state index in [9.17, 15) is 28.8 Å². The maximum absolute atomic E-state index is 14.6. The first-order chi connectivity index (χ1) is 23.8. The van der Waals surface area contributed by atoms with Crippen LogP contribution in [0.3, 0.4) is 0 Å². The van der Waals surface area contributed by atoms with Crippen LogP contribution in [0.15, 0.2) is 18.6 Å². The first kappa shape index (κ1) is 38.9. The van der Waals surface area contributed by atoms with Crippen molar-refractivity contribution in [3.8, 4) is 0 Å². The van der Waals surface area contributed by atoms with E-state index in [0.717, 1.165) is 51.4 Å². The molecule has 2 heterocycles. The molecule has 0 spiro atoms. The molecule has 0 aromatic carbocycles. The second kappa shape index (κ2) is 17.4. The molecule has 13 nitrogen and oxygen atoms in total. The fraction of sp³-hybridized carbons (Fsp3) is 0.730. The Morgan fingerprint density at radius 3 is 2.24 bits per heavy atom. The normalized spacial score (nSPS) is 23.2. The van der Waals surface area contributed by atoms with Gasteiger partial charge < -0.3 is 26.2 Å². The zero-order valence-corrected chi connectivity index (χ0v) is 30.6. The summed E-state index contributed by atoms with van der Waals surface area (Å²) in [6.45, 7) is 11.5. The number of Topliss-reactive ketones (excluding diaryl/α,β-unsaturated/α-hetero) is 1. The SMILES string of the molecule is CCCC(NC(=O)[C@@H]1C2CCCC2CN1C(=O)[C@@H](NC(=O)[C@@H](NC(=O)c1cnccn1)C1CCCCC1)C(C)(C)C)C(=O)C(=O)N[C@@H](C)CC. The highest BCUT2D eigenvalue weighted by molar-refractivity contribution is 6.38. The minimum absolute atomic E-state index is 0.0946. The Hall–Kier alpha value is -3.90. The molecule has 50 heavy (non-hydrogen) atoms. The number of likely N-dealkylation sites (tertiary alicyclic amines) is 1. The summed E-state index contributed by atoms with van der Waals surface area (Å²) in [5.41, 5.74) is -0.647. The first-order valence-corrected chi connectivity index (χ1v) is 18.6. The first-order valence-electron chi connectivity index (χ1n) is 18.6. The molecule has 0 bridgehead atoms. The molecule has 276 valence electrons. The second-order valence-electron chi connectivity index (χ2n) is 15.5. The van der Waals surface area contributed by atoms with E-state index >= 15 is 0 Å². The molecule has 13 heteroatoms. The van der Waals surface area contributed by atoms with Crippen LogP contribution in [0.25, 0.3) is 0 Å². The van der Waals surface area contributed by atoms with Crippen LogP contribution in [-0.2, 0) is 24.0 Å². The maximum Gasteiger partial charge on any atom is 0.289 e. The van der Waals surface area contributed by atoms with Gasteiger partial charge in [-0.2, -0.15) is 0 Å². The Labute approximate surface area is 296 Å². The molecule has 0 radical (unpaired) electrons. The summed E-state index contributed by atoms with van der Waals surface area (Å²) in [6, 6.07) is -3.93. The zero-order valence-electron chi connectivity index (χ0n) is 30.6. The standard InChI is InChI=1S/C37H57N7O6/c1-7-13-26(30(45)35(49)40-22(3)8-2)41-34(48)29-25-17-12-16-24(25)21-44(29)36(50)31(37(4,5)6)43-33(47)28(23-14-10-9-11-15-23)42-32(46)27-20-38-18-19-39-27/h18-20,22-26,28-29,31H,7-17,21H2,1-6H3,(H,40,49)(H,41,48)(H,42,46)(H,43,47)/t22-,24?,25?,26?,28-,29-,31+/m0/s1. The fourth-order valence-electron chi connectivity index (χ4n) is 7.78. The quantitative estimate of drug-likeness (QED) is 0.215. The summed E-state index contributed by atoms with van der Waals surface area (Å²) >= 11 is 0. The number of nitrogens with one attached hydrogen (secondary N) is 4. The van der Waals surface area contributed by atoms with Crippen molar-refractivity contribution < 1.29 is 28.8 Å².